The number of methoxy groups -OCH3 is 2. The van der Waals surface area contributed by atoms with Crippen molar-refractivity contribution in [1.29, 1.82) is 0 Å². The Kier molecular flexibility index (Phi) is 7.69. The van der Waals surface area contributed by atoms with Gasteiger partial charge in [0.2, 0.25) is 0 Å². The Hall–Kier alpha value is -1.99. The van der Waals surface area contributed by atoms with Crippen molar-refractivity contribution in [1.82, 2.24) is 9.80 Å². The van der Waals surface area contributed by atoms with E-state index in [-0.39, 0.29) is 6.10 Å². The lowest BCUT2D eigenvalue weighted by atomic mass is 9.72. The lowest BCUT2D eigenvalue weighted by Gasteiger charge is -2.48. The Morgan fingerprint density at radius 2 is 1.88 bits per heavy atom. The fourth-order valence-electron chi connectivity index (χ4n) is 6.20. The molecule has 0 aromatic heterocycles. The molecule has 3 heterocycles. The minimum atomic E-state index is -0.836. The third-order valence-electron chi connectivity index (χ3n) is 7.82. The molecule has 2 saturated heterocycles. The fourth-order valence-corrected chi connectivity index (χ4v) is 6.20. The fraction of sp³-hybridized carbons (Fsp3) is 0.731. The second-order valence-electron chi connectivity index (χ2n) is 10.4. The van der Waals surface area contributed by atoms with Gasteiger partial charge >= 0.3 is 6.09 Å². The summed E-state index contributed by atoms with van der Waals surface area (Å²) in [4.78, 5) is 15.6. The number of morpholine rings is 1. The molecule has 3 aliphatic rings. The zero-order valence-electron chi connectivity index (χ0n) is 20.6. The number of fused-ring (bicyclic) bond motifs is 3. The van der Waals surface area contributed by atoms with Crippen molar-refractivity contribution in [2.75, 3.05) is 47.0 Å². The van der Waals surface area contributed by atoms with E-state index in [2.05, 4.69) is 30.9 Å². The van der Waals surface area contributed by atoms with Crippen LogP contribution in [-0.4, -0.2) is 74.1 Å². The van der Waals surface area contributed by atoms with E-state index in [0.29, 0.717) is 43.5 Å². The van der Waals surface area contributed by atoms with E-state index < -0.39 is 6.09 Å². The molecule has 4 rings (SSSR count). The summed E-state index contributed by atoms with van der Waals surface area (Å²) in [6, 6.07) is 4.77. The van der Waals surface area contributed by atoms with Gasteiger partial charge in [-0.15, -0.1) is 0 Å². The zero-order chi connectivity index (χ0) is 23.5. The highest BCUT2D eigenvalue weighted by Gasteiger charge is 2.39. The maximum atomic E-state index is 11.4. The molecule has 4 atom stereocenters. The van der Waals surface area contributed by atoms with Crippen LogP contribution < -0.4 is 9.47 Å². The molecule has 1 aromatic rings. The van der Waals surface area contributed by atoms with Crippen molar-refractivity contribution in [2.24, 2.45) is 17.8 Å². The molecular formula is C26H40N2O5. The second kappa shape index (κ2) is 10.5. The molecule has 1 N–H and O–H groups in total. The molecule has 0 unspecified atom stereocenters. The van der Waals surface area contributed by atoms with E-state index in [1.54, 1.807) is 14.2 Å². The van der Waals surface area contributed by atoms with Crippen LogP contribution in [0.5, 0.6) is 11.5 Å². The van der Waals surface area contributed by atoms with Crippen LogP contribution in [0.15, 0.2) is 12.1 Å². The van der Waals surface area contributed by atoms with E-state index in [1.807, 2.05) is 0 Å². The maximum absolute atomic E-state index is 11.4. The topological polar surface area (TPSA) is 71.5 Å². The van der Waals surface area contributed by atoms with Gasteiger partial charge in [0.05, 0.1) is 33.5 Å². The molecular weight excluding hydrogens is 420 g/mol. The van der Waals surface area contributed by atoms with Crippen molar-refractivity contribution in [2.45, 2.75) is 58.1 Å². The molecule has 0 bridgehead atoms. The maximum Gasteiger partial charge on any atom is 0.407 e. The molecule has 0 radical (unpaired) electrons. The number of hydrogen-bond donors (Lipinski definition) is 1. The van der Waals surface area contributed by atoms with Gasteiger partial charge in [-0.1, -0.05) is 13.8 Å². The monoisotopic (exact) mass is 460 g/mol. The molecule has 2 fully saturated rings. The van der Waals surface area contributed by atoms with Gasteiger partial charge in [-0.3, -0.25) is 4.90 Å². The van der Waals surface area contributed by atoms with Gasteiger partial charge in [0.1, 0.15) is 0 Å². The Labute approximate surface area is 198 Å². The summed E-state index contributed by atoms with van der Waals surface area (Å²) in [5.41, 5.74) is 2.76. The second-order valence-corrected chi connectivity index (χ2v) is 10.4. The number of ether oxygens (including phenoxy) is 3. The first-order chi connectivity index (χ1) is 15.9. The summed E-state index contributed by atoms with van der Waals surface area (Å²) in [6.45, 7) is 8.34. The van der Waals surface area contributed by atoms with Crippen LogP contribution in [0, 0.1) is 17.8 Å². The minimum Gasteiger partial charge on any atom is -0.493 e. The molecule has 0 spiro atoms. The van der Waals surface area contributed by atoms with Crippen molar-refractivity contribution in [3.63, 3.8) is 0 Å². The smallest absolute Gasteiger partial charge is 0.407 e. The summed E-state index contributed by atoms with van der Waals surface area (Å²) in [5, 5.41) is 9.36. The molecule has 3 aliphatic heterocycles. The average Bonchev–Trinajstić information content (AvgIpc) is 2.81. The van der Waals surface area contributed by atoms with E-state index in [1.165, 1.54) is 22.4 Å². The van der Waals surface area contributed by atoms with E-state index in [4.69, 9.17) is 14.2 Å². The zero-order valence-corrected chi connectivity index (χ0v) is 20.6. The summed E-state index contributed by atoms with van der Waals surface area (Å²) in [6.07, 6.45) is 4.60. The summed E-state index contributed by atoms with van der Waals surface area (Å²) < 4.78 is 17.1. The van der Waals surface area contributed by atoms with Gasteiger partial charge in [0.15, 0.2) is 11.5 Å². The summed E-state index contributed by atoms with van der Waals surface area (Å²) >= 11 is 0. The van der Waals surface area contributed by atoms with Crippen LogP contribution in [0.1, 0.15) is 56.7 Å². The van der Waals surface area contributed by atoms with Crippen LogP contribution in [0.25, 0.3) is 0 Å². The van der Waals surface area contributed by atoms with Gasteiger partial charge in [0, 0.05) is 25.7 Å². The van der Waals surface area contributed by atoms with Crippen LogP contribution in [0.4, 0.5) is 4.79 Å². The highest BCUT2D eigenvalue weighted by atomic mass is 16.5. The quantitative estimate of drug-likeness (QED) is 0.648. The Bertz CT molecular complexity index is 829. The molecule has 1 amide bonds. The molecule has 0 saturated carbocycles. The molecule has 7 heteroatoms. The van der Waals surface area contributed by atoms with E-state index in [9.17, 15) is 9.90 Å². The van der Waals surface area contributed by atoms with Crippen LogP contribution >= 0.6 is 0 Å². The lowest BCUT2D eigenvalue weighted by molar-refractivity contribution is -0.0337. The van der Waals surface area contributed by atoms with Gasteiger partial charge in [-0.05, 0) is 73.1 Å². The predicted octanol–water partition coefficient (Wildman–Crippen LogP) is 4.44. The van der Waals surface area contributed by atoms with Crippen molar-refractivity contribution < 1.29 is 24.1 Å². The first-order valence-corrected chi connectivity index (χ1v) is 12.5. The first kappa shape index (κ1) is 24.1. The van der Waals surface area contributed by atoms with Gasteiger partial charge in [-0.2, -0.15) is 0 Å². The normalized spacial score (nSPS) is 27.7. The molecule has 33 heavy (non-hydrogen) atoms. The number of rotatable bonds is 7. The molecule has 1 aromatic carbocycles. The highest BCUT2D eigenvalue weighted by Crippen LogP contribution is 2.46. The number of carbonyl (C=O) groups is 1. The number of amides is 1. The highest BCUT2D eigenvalue weighted by molar-refractivity contribution is 5.65. The van der Waals surface area contributed by atoms with E-state index >= 15 is 0 Å². The van der Waals surface area contributed by atoms with Gasteiger partial charge < -0.3 is 24.2 Å². The van der Waals surface area contributed by atoms with Crippen molar-refractivity contribution >= 4 is 6.09 Å². The van der Waals surface area contributed by atoms with Crippen molar-refractivity contribution in [3.05, 3.63) is 23.3 Å². The number of carboxylic acid groups (broad SMARTS) is 1. The van der Waals surface area contributed by atoms with Gasteiger partial charge in [0.25, 0.3) is 0 Å². The Morgan fingerprint density at radius 3 is 2.58 bits per heavy atom. The average molecular weight is 461 g/mol. The van der Waals surface area contributed by atoms with Crippen molar-refractivity contribution in [3.8, 4) is 11.5 Å². The Balaban J connectivity index is 1.50. The molecule has 7 nitrogen and oxygen atoms in total. The Morgan fingerprint density at radius 1 is 1.12 bits per heavy atom. The largest absolute Gasteiger partial charge is 0.493 e. The number of nitrogens with zero attached hydrogens (tertiary/aromatic N) is 2. The predicted molar refractivity (Wildman–Crippen MR) is 127 cm³/mol. The van der Waals surface area contributed by atoms with Crippen LogP contribution in [0.2, 0.25) is 0 Å². The first-order valence-electron chi connectivity index (χ1n) is 12.5. The van der Waals surface area contributed by atoms with Crippen LogP contribution in [0.3, 0.4) is 0 Å². The summed E-state index contributed by atoms with van der Waals surface area (Å²) in [5.74, 6) is 3.57. The number of hydrogen-bond acceptors (Lipinski definition) is 5. The lowest BCUT2D eigenvalue weighted by Crippen LogP contribution is -2.47. The van der Waals surface area contributed by atoms with Gasteiger partial charge in [-0.25, -0.2) is 4.79 Å². The number of benzene rings is 1. The minimum absolute atomic E-state index is 0.00979. The SMILES string of the molecule is COc1cc2c(cc1OC)[C@H]1C[C@@H](CC[C@H]3CN(C(=O)O)CCO3)[C@H](CC(C)C)CN1CC2. The van der Waals surface area contributed by atoms with E-state index in [0.717, 1.165) is 50.3 Å². The summed E-state index contributed by atoms with van der Waals surface area (Å²) in [7, 11) is 3.41. The molecule has 184 valence electrons. The third kappa shape index (κ3) is 5.40. The molecule has 0 aliphatic carbocycles. The number of piperidine rings is 1. The van der Waals surface area contributed by atoms with Crippen LogP contribution in [-0.2, 0) is 11.2 Å². The standard InChI is InChI=1S/C26H40N2O5/c1-17(2)11-20-15-27-8-7-19-13-24(31-3)25(32-4)14-22(19)23(27)12-18(20)5-6-21-16-28(26(29)30)9-10-33-21/h13-14,17-18,20-21,23H,5-12,15-16H2,1-4H3,(H,29,30)/t18-,20-,21+,23-/m1/s1. The third-order valence-corrected chi connectivity index (χ3v) is 7.82.